The Morgan fingerprint density at radius 1 is 1.28 bits per heavy atom. The average molecular weight is 348 g/mol. The highest BCUT2D eigenvalue weighted by Gasteiger charge is 2.61. The number of rotatable bonds is 3. The van der Waals surface area contributed by atoms with Gasteiger partial charge in [0.25, 0.3) is 0 Å². The van der Waals surface area contributed by atoms with Crippen LogP contribution in [0.5, 0.6) is 5.88 Å². The van der Waals surface area contributed by atoms with Crippen molar-refractivity contribution < 1.29 is 14.3 Å². The van der Waals surface area contributed by atoms with Crippen LogP contribution in [0.2, 0.25) is 0 Å². The second-order valence-electron chi connectivity index (χ2n) is 8.18. The topological polar surface area (TPSA) is 85.2 Å². The second-order valence-corrected chi connectivity index (χ2v) is 8.18. The summed E-state index contributed by atoms with van der Waals surface area (Å²) in [7, 11) is 3.23. The maximum absolute atomic E-state index is 12.5. The van der Waals surface area contributed by atoms with E-state index in [-0.39, 0.29) is 16.9 Å². The van der Waals surface area contributed by atoms with Gasteiger partial charge in [-0.3, -0.25) is 9.59 Å². The van der Waals surface area contributed by atoms with Gasteiger partial charge in [-0.05, 0) is 42.9 Å². The summed E-state index contributed by atoms with van der Waals surface area (Å²) < 4.78 is 6.78. The monoisotopic (exact) mass is 348 g/mol. The molecule has 7 nitrogen and oxygen atoms in total. The van der Waals surface area contributed by atoms with E-state index in [1.165, 1.54) is 18.2 Å². The van der Waals surface area contributed by atoms with Crippen LogP contribution < -0.4 is 15.4 Å². The minimum Gasteiger partial charge on any atom is -0.480 e. The number of ether oxygens (including phenoxy) is 1. The molecule has 2 bridgehead atoms. The number of amides is 2. The normalized spacial score (nSPS) is 29.5. The van der Waals surface area contributed by atoms with Crippen LogP contribution in [0.15, 0.2) is 0 Å². The molecule has 3 atom stereocenters. The van der Waals surface area contributed by atoms with Crippen LogP contribution >= 0.6 is 0 Å². The van der Waals surface area contributed by atoms with Crippen molar-refractivity contribution in [2.75, 3.05) is 12.4 Å². The first-order valence-corrected chi connectivity index (χ1v) is 8.81. The van der Waals surface area contributed by atoms with Gasteiger partial charge in [0.1, 0.15) is 5.69 Å². The van der Waals surface area contributed by atoms with Gasteiger partial charge in [-0.2, -0.15) is 5.10 Å². The van der Waals surface area contributed by atoms with Gasteiger partial charge in [0.15, 0.2) is 0 Å². The molecule has 7 heteroatoms. The van der Waals surface area contributed by atoms with Crippen LogP contribution in [-0.2, 0) is 16.6 Å². The molecule has 2 fully saturated rings. The Kier molecular flexibility index (Phi) is 4.08. The van der Waals surface area contributed by atoms with Crippen molar-refractivity contribution in [3.8, 4) is 5.88 Å². The number of hydrogen-bond donors (Lipinski definition) is 2. The van der Waals surface area contributed by atoms with E-state index >= 15 is 0 Å². The number of nitrogens with one attached hydrogen (secondary N) is 2. The first-order valence-electron chi connectivity index (χ1n) is 8.81. The van der Waals surface area contributed by atoms with Gasteiger partial charge >= 0.3 is 11.8 Å². The smallest absolute Gasteiger partial charge is 0.313 e. The minimum atomic E-state index is -0.682. The van der Waals surface area contributed by atoms with E-state index in [9.17, 15) is 9.59 Å². The predicted octanol–water partition coefficient (Wildman–Crippen LogP) is 2.01. The quantitative estimate of drug-likeness (QED) is 0.818. The van der Waals surface area contributed by atoms with Crippen molar-refractivity contribution in [2.45, 2.75) is 53.0 Å². The molecule has 2 aliphatic rings. The molecule has 0 spiro atoms. The largest absolute Gasteiger partial charge is 0.480 e. The summed E-state index contributed by atoms with van der Waals surface area (Å²) in [6.07, 6.45) is 3.23. The zero-order valence-electron chi connectivity index (χ0n) is 15.9. The van der Waals surface area contributed by atoms with E-state index in [0.29, 0.717) is 23.2 Å². The Morgan fingerprint density at radius 2 is 1.96 bits per heavy atom. The van der Waals surface area contributed by atoms with Crippen molar-refractivity contribution in [2.24, 2.45) is 23.8 Å². The van der Waals surface area contributed by atoms with Gasteiger partial charge < -0.3 is 15.4 Å². The van der Waals surface area contributed by atoms with Crippen LogP contribution in [0.1, 0.15) is 45.7 Å². The molecule has 1 heterocycles. The lowest BCUT2D eigenvalue weighted by molar-refractivity contribution is -0.137. The summed E-state index contributed by atoms with van der Waals surface area (Å²) in [6.45, 7) is 8.55. The Hall–Kier alpha value is -2.05. The molecule has 138 valence electrons. The summed E-state index contributed by atoms with van der Waals surface area (Å²) in [4.78, 5) is 24.8. The summed E-state index contributed by atoms with van der Waals surface area (Å²) in [5.41, 5.74) is 1.26. The molecule has 2 N–H and O–H groups in total. The lowest BCUT2D eigenvalue weighted by atomic mass is 9.69. The molecule has 3 unspecified atom stereocenters. The highest BCUT2D eigenvalue weighted by molar-refractivity contribution is 6.39. The number of aromatic nitrogens is 2. The first-order chi connectivity index (χ1) is 11.6. The van der Waals surface area contributed by atoms with E-state index in [1.807, 2.05) is 0 Å². The zero-order valence-corrected chi connectivity index (χ0v) is 15.9. The molecule has 2 aliphatic carbocycles. The number of aryl methyl sites for hydroxylation is 2. The highest BCUT2D eigenvalue weighted by atomic mass is 16.5. The van der Waals surface area contributed by atoms with Crippen LogP contribution in [0.4, 0.5) is 5.69 Å². The third kappa shape index (κ3) is 2.51. The molecule has 1 aromatic rings. The molecule has 3 rings (SSSR count). The fraction of sp³-hybridized carbons (Fsp3) is 0.722. The molecule has 0 radical (unpaired) electrons. The second kappa shape index (κ2) is 5.75. The molecule has 1 aromatic heterocycles. The average Bonchev–Trinajstić information content (AvgIpc) is 3.00. The van der Waals surface area contributed by atoms with Crippen molar-refractivity contribution in [1.29, 1.82) is 0 Å². The number of carbonyl (C=O) groups excluding carboxylic acids is 2. The predicted molar refractivity (Wildman–Crippen MR) is 94.3 cm³/mol. The zero-order chi connectivity index (χ0) is 18.6. The van der Waals surface area contributed by atoms with E-state index in [1.54, 1.807) is 14.0 Å². The maximum Gasteiger partial charge on any atom is 0.313 e. The molecule has 0 saturated heterocycles. The summed E-state index contributed by atoms with van der Waals surface area (Å²) in [5.74, 6) is -0.253. The molecule has 25 heavy (non-hydrogen) atoms. The van der Waals surface area contributed by atoms with E-state index in [4.69, 9.17) is 4.74 Å². The third-order valence-corrected chi connectivity index (χ3v) is 6.91. The molecule has 0 aliphatic heterocycles. The number of methoxy groups -OCH3 is 1. The fourth-order valence-electron chi connectivity index (χ4n) is 4.83. The van der Waals surface area contributed by atoms with Crippen LogP contribution in [0, 0.1) is 23.7 Å². The summed E-state index contributed by atoms with van der Waals surface area (Å²) in [6, 6.07) is 0.0383. The molecule has 2 amide bonds. The van der Waals surface area contributed by atoms with Crippen molar-refractivity contribution in [3.05, 3.63) is 5.69 Å². The standard InChI is InChI=1S/C18H28N4O3/c1-10-13(16(25-6)22(5)21-10)20-15(24)14(23)19-12-9-11-7-8-18(12,4)17(11,2)3/h11-12H,7-9H2,1-6H3,(H,19,23)(H,20,24). The Balaban J connectivity index is 1.70. The van der Waals surface area contributed by atoms with E-state index in [0.717, 1.165) is 12.8 Å². The molecular formula is C18H28N4O3. The number of carbonyl (C=O) groups is 2. The van der Waals surface area contributed by atoms with Crippen LogP contribution in [0.3, 0.4) is 0 Å². The molecule has 2 saturated carbocycles. The minimum absolute atomic E-state index is 0.0372. The number of nitrogens with zero attached hydrogens (tertiary/aromatic N) is 2. The van der Waals surface area contributed by atoms with Crippen molar-refractivity contribution in [1.82, 2.24) is 15.1 Å². The Morgan fingerprint density at radius 3 is 2.48 bits per heavy atom. The Labute approximate surface area is 148 Å². The van der Waals surface area contributed by atoms with Crippen LogP contribution in [0.25, 0.3) is 0 Å². The number of anilines is 1. The van der Waals surface area contributed by atoms with E-state index < -0.39 is 11.8 Å². The van der Waals surface area contributed by atoms with Gasteiger partial charge in [0.2, 0.25) is 5.88 Å². The Bertz CT molecular complexity index is 724. The van der Waals surface area contributed by atoms with Crippen molar-refractivity contribution in [3.63, 3.8) is 0 Å². The summed E-state index contributed by atoms with van der Waals surface area (Å²) >= 11 is 0. The first kappa shape index (κ1) is 17.8. The molecule has 0 aromatic carbocycles. The van der Waals surface area contributed by atoms with Gasteiger partial charge in [-0.25, -0.2) is 4.68 Å². The number of fused-ring (bicyclic) bond motifs is 2. The molecular weight excluding hydrogens is 320 g/mol. The number of hydrogen-bond acceptors (Lipinski definition) is 4. The maximum atomic E-state index is 12.5. The van der Waals surface area contributed by atoms with Crippen LogP contribution in [-0.4, -0.2) is 34.7 Å². The lowest BCUT2D eigenvalue weighted by Crippen LogP contribution is -2.49. The van der Waals surface area contributed by atoms with Gasteiger partial charge in [-0.15, -0.1) is 0 Å². The van der Waals surface area contributed by atoms with Gasteiger partial charge in [-0.1, -0.05) is 20.8 Å². The van der Waals surface area contributed by atoms with E-state index in [2.05, 4.69) is 36.5 Å². The third-order valence-electron chi connectivity index (χ3n) is 6.91. The van der Waals surface area contributed by atoms with Gasteiger partial charge in [0, 0.05) is 13.1 Å². The fourth-order valence-corrected chi connectivity index (χ4v) is 4.83. The van der Waals surface area contributed by atoms with Crippen molar-refractivity contribution >= 4 is 17.5 Å². The highest BCUT2D eigenvalue weighted by Crippen LogP contribution is 2.65. The lowest BCUT2D eigenvalue weighted by Gasteiger charge is -2.39. The SMILES string of the molecule is COc1c(NC(=O)C(=O)NC2CC3CCC2(C)C3(C)C)c(C)nn1C. The van der Waals surface area contributed by atoms with Gasteiger partial charge in [0.05, 0.1) is 12.8 Å². The summed E-state index contributed by atoms with van der Waals surface area (Å²) in [5, 5.41) is 9.82.